The number of amides is 1. The highest BCUT2D eigenvalue weighted by Crippen LogP contribution is 2.24. The summed E-state index contributed by atoms with van der Waals surface area (Å²) in [7, 11) is 1.63. The molecule has 2 heterocycles. The Morgan fingerprint density at radius 2 is 2.14 bits per heavy atom. The Morgan fingerprint density at radius 3 is 2.79 bits per heavy atom. The molecule has 3 rings (SSSR count). The molecule has 0 saturated carbocycles. The summed E-state index contributed by atoms with van der Waals surface area (Å²) in [5.41, 5.74) is 10.3. The van der Waals surface area contributed by atoms with Gasteiger partial charge in [0.1, 0.15) is 6.17 Å². The molecule has 0 aliphatic carbocycles. The Bertz CT molecular complexity index is 716. The van der Waals surface area contributed by atoms with Crippen molar-refractivity contribution in [3.05, 3.63) is 34.9 Å². The molecule has 29 heavy (non-hydrogen) atoms. The minimum absolute atomic E-state index is 0.0177. The van der Waals surface area contributed by atoms with Gasteiger partial charge in [0.25, 0.3) is 0 Å². The third kappa shape index (κ3) is 6.11. The van der Waals surface area contributed by atoms with Crippen LogP contribution in [0.15, 0.2) is 29.3 Å². The molecule has 1 amide bonds. The van der Waals surface area contributed by atoms with Crippen molar-refractivity contribution < 1.29 is 14.4 Å². The standard InChI is InChI=1S/C19H29ClN6O3/c1-11(10-28-3)22-19(24-18(27)15-9-21-29-12(15)2)23-17-8-16(25-26-17)13-4-6-14(20)7-5-13/h4-7,11-12,15-17,21,25-26H,8-10H2,1-3H3,(H2,22,23,24,27)/t11-,12?,15?,16?,17?/m0/s1. The van der Waals surface area contributed by atoms with Crippen molar-refractivity contribution in [1.29, 1.82) is 0 Å². The molecule has 1 aromatic rings. The van der Waals surface area contributed by atoms with E-state index < -0.39 is 0 Å². The number of hydroxylamine groups is 1. The first kappa shape index (κ1) is 21.9. The zero-order valence-electron chi connectivity index (χ0n) is 16.9. The summed E-state index contributed by atoms with van der Waals surface area (Å²) in [5, 5.41) is 6.83. The van der Waals surface area contributed by atoms with E-state index in [4.69, 9.17) is 21.2 Å². The second kappa shape index (κ2) is 10.3. The largest absolute Gasteiger partial charge is 0.383 e. The second-order valence-corrected chi connectivity index (χ2v) is 7.83. The third-order valence-electron chi connectivity index (χ3n) is 4.96. The first-order valence-electron chi connectivity index (χ1n) is 9.75. The molecule has 5 atom stereocenters. The molecular weight excluding hydrogens is 396 g/mol. The van der Waals surface area contributed by atoms with E-state index in [1.54, 1.807) is 7.11 Å². The maximum Gasteiger partial charge on any atom is 0.233 e. The molecule has 2 fully saturated rings. The predicted molar refractivity (Wildman–Crippen MR) is 111 cm³/mol. The Labute approximate surface area is 175 Å². The molecule has 160 valence electrons. The van der Waals surface area contributed by atoms with E-state index >= 15 is 0 Å². The van der Waals surface area contributed by atoms with Crippen LogP contribution in [0, 0.1) is 5.92 Å². The van der Waals surface area contributed by atoms with Crippen molar-refractivity contribution in [2.45, 2.75) is 44.6 Å². The molecule has 2 saturated heterocycles. The highest BCUT2D eigenvalue weighted by Gasteiger charge is 2.32. The van der Waals surface area contributed by atoms with E-state index in [0.29, 0.717) is 24.1 Å². The van der Waals surface area contributed by atoms with E-state index in [1.807, 2.05) is 38.1 Å². The quantitative estimate of drug-likeness (QED) is 0.340. The van der Waals surface area contributed by atoms with Gasteiger partial charge < -0.3 is 10.1 Å². The van der Waals surface area contributed by atoms with Gasteiger partial charge in [-0.15, -0.1) is 0 Å². The molecule has 0 spiro atoms. The van der Waals surface area contributed by atoms with Crippen LogP contribution in [0.1, 0.15) is 31.9 Å². The van der Waals surface area contributed by atoms with Gasteiger partial charge in [0.05, 0.1) is 18.6 Å². The fraction of sp³-hybridized carbons (Fsp3) is 0.579. The molecule has 0 aromatic heterocycles. The number of benzene rings is 1. The number of methoxy groups -OCH3 is 1. The Morgan fingerprint density at radius 1 is 1.38 bits per heavy atom. The number of hydrogen-bond acceptors (Lipinski definition) is 7. The summed E-state index contributed by atoms with van der Waals surface area (Å²) in [6, 6.07) is 7.80. The fourth-order valence-corrected chi connectivity index (χ4v) is 3.48. The molecule has 1 aromatic carbocycles. The van der Waals surface area contributed by atoms with Crippen molar-refractivity contribution in [3.8, 4) is 0 Å². The van der Waals surface area contributed by atoms with E-state index in [2.05, 4.69) is 32.0 Å². The number of nitrogens with zero attached hydrogens (tertiary/aromatic N) is 1. The van der Waals surface area contributed by atoms with E-state index in [9.17, 15) is 4.79 Å². The van der Waals surface area contributed by atoms with Crippen LogP contribution in [0.2, 0.25) is 5.02 Å². The fourth-order valence-electron chi connectivity index (χ4n) is 3.36. The van der Waals surface area contributed by atoms with Gasteiger partial charge in [-0.3, -0.25) is 14.9 Å². The molecule has 0 bridgehead atoms. The normalized spacial score (nSPS) is 28.3. The average Bonchev–Trinajstić information content (AvgIpc) is 3.31. The monoisotopic (exact) mass is 424 g/mol. The lowest BCUT2D eigenvalue weighted by Gasteiger charge is -2.20. The number of hydrogen-bond donors (Lipinski definition) is 5. The van der Waals surface area contributed by atoms with Crippen LogP contribution in [0.25, 0.3) is 0 Å². The second-order valence-electron chi connectivity index (χ2n) is 7.39. The van der Waals surface area contributed by atoms with Gasteiger partial charge >= 0.3 is 0 Å². The lowest BCUT2D eigenvalue weighted by Crippen LogP contribution is -2.50. The summed E-state index contributed by atoms with van der Waals surface area (Å²) in [4.78, 5) is 22.6. The Kier molecular flexibility index (Phi) is 7.82. The predicted octanol–water partition coefficient (Wildman–Crippen LogP) is 0.841. The maximum atomic E-state index is 12.7. The van der Waals surface area contributed by atoms with Crippen LogP contribution in [0.4, 0.5) is 0 Å². The van der Waals surface area contributed by atoms with Gasteiger partial charge in [-0.25, -0.2) is 21.3 Å². The summed E-state index contributed by atoms with van der Waals surface area (Å²) < 4.78 is 5.18. The zero-order chi connectivity index (χ0) is 20.8. The highest BCUT2D eigenvalue weighted by molar-refractivity contribution is 6.30. The minimum Gasteiger partial charge on any atom is -0.383 e. The van der Waals surface area contributed by atoms with Crippen molar-refractivity contribution in [2.75, 3.05) is 20.3 Å². The molecule has 2 aliphatic rings. The third-order valence-corrected chi connectivity index (χ3v) is 5.21. The number of hydrazine groups is 1. The maximum absolute atomic E-state index is 12.7. The van der Waals surface area contributed by atoms with Crippen molar-refractivity contribution in [2.24, 2.45) is 10.9 Å². The van der Waals surface area contributed by atoms with E-state index in [1.165, 1.54) is 0 Å². The van der Waals surface area contributed by atoms with Crippen LogP contribution < -0.4 is 27.0 Å². The van der Waals surface area contributed by atoms with Gasteiger partial charge in [0.2, 0.25) is 5.91 Å². The van der Waals surface area contributed by atoms with E-state index in [-0.39, 0.29) is 36.2 Å². The Balaban J connectivity index is 1.66. The Hall–Kier alpha value is -1.75. The van der Waals surface area contributed by atoms with Gasteiger partial charge in [0.15, 0.2) is 5.96 Å². The number of ether oxygens (including phenoxy) is 1. The smallest absolute Gasteiger partial charge is 0.233 e. The summed E-state index contributed by atoms with van der Waals surface area (Å²) in [6.45, 7) is 4.78. The van der Waals surface area contributed by atoms with Crippen LogP contribution in [-0.2, 0) is 14.4 Å². The van der Waals surface area contributed by atoms with E-state index in [0.717, 1.165) is 12.0 Å². The lowest BCUT2D eigenvalue weighted by atomic mass is 10.0. The van der Waals surface area contributed by atoms with Crippen LogP contribution in [0.3, 0.4) is 0 Å². The summed E-state index contributed by atoms with van der Waals surface area (Å²) in [5.74, 6) is -0.00973. The summed E-state index contributed by atoms with van der Waals surface area (Å²) in [6.07, 6.45) is 0.322. The van der Waals surface area contributed by atoms with Gasteiger partial charge in [-0.05, 0) is 31.5 Å². The lowest BCUT2D eigenvalue weighted by molar-refractivity contribution is -0.124. The van der Waals surface area contributed by atoms with Crippen molar-refractivity contribution in [3.63, 3.8) is 0 Å². The SMILES string of the molecule is COC[C@H](C)NC(=NC1CC(c2ccc(Cl)cc2)NN1)NC(=O)C1CNOC1C. The number of aliphatic imine (C=N–C) groups is 1. The topological polar surface area (TPSA) is 108 Å². The van der Waals surface area contributed by atoms with Crippen LogP contribution in [-0.4, -0.2) is 50.4 Å². The van der Waals surface area contributed by atoms with Gasteiger partial charge in [0, 0.05) is 37.2 Å². The molecule has 2 aliphatic heterocycles. The highest BCUT2D eigenvalue weighted by atomic mass is 35.5. The molecule has 4 unspecified atom stereocenters. The van der Waals surface area contributed by atoms with Gasteiger partial charge in [-0.1, -0.05) is 23.7 Å². The number of guanidine groups is 1. The van der Waals surface area contributed by atoms with Crippen LogP contribution in [0.5, 0.6) is 0 Å². The number of carbonyl (C=O) groups is 1. The van der Waals surface area contributed by atoms with Crippen LogP contribution >= 0.6 is 11.6 Å². The zero-order valence-corrected chi connectivity index (χ0v) is 17.6. The van der Waals surface area contributed by atoms with Crippen molar-refractivity contribution >= 4 is 23.5 Å². The molecule has 9 nitrogen and oxygen atoms in total. The first-order valence-corrected chi connectivity index (χ1v) is 10.1. The molecule has 10 heteroatoms. The number of halogens is 1. The number of nitrogens with one attached hydrogen (secondary N) is 5. The number of rotatable bonds is 6. The first-order chi connectivity index (χ1) is 14.0. The summed E-state index contributed by atoms with van der Waals surface area (Å²) >= 11 is 5.97. The average molecular weight is 425 g/mol. The minimum atomic E-state index is -0.281. The molecule has 5 N–H and O–H groups in total. The number of carbonyl (C=O) groups excluding carboxylic acids is 1. The van der Waals surface area contributed by atoms with Gasteiger partial charge in [-0.2, -0.15) is 0 Å². The van der Waals surface area contributed by atoms with Crippen molar-refractivity contribution in [1.82, 2.24) is 27.0 Å². The molecule has 0 radical (unpaired) electrons. The molecular formula is C19H29ClN6O3.